The molecule has 14 aliphatic carbocycles. The quantitative estimate of drug-likeness (QED) is 0.187. The Morgan fingerprint density at radius 2 is 0.776 bits per heavy atom. The summed E-state index contributed by atoms with van der Waals surface area (Å²) in [5.74, 6) is 10.8. The molecule has 6 spiro atoms. The lowest BCUT2D eigenvalue weighted by Crippen LogP contribution is -2.40. The van der Waals surface area contributed by atoms with E-state index in [0.29, 0.717) is 45.5 Å². The fourth-order valence-corrected chi connectivity index (χ4v) is 20.9. The summed E-state index contributed by atoms with van der Waals surface area (Å²) >= 11 is 0. The zero-order valence-electron chi connectivity index (χ0n) is 46.1. The number of esters is 1. The molecule has 0 radical (unpaired) electrons. The van der Waals surface area contributed by atoms with Crippen molar-refractivity contribution in [1.82, 2.24) is 10.6 Å². The molecule has 0 aromatic carbocycles. The molecule has 18 aliphatic rings. The average Bonchev–Trinajstić information content (AvgIpc) is 4.28. The molecule has 0 aromatic heterocycles. The standard InChI is InChI=1S/C13H18.C12H17N.C12H16.C11H15N.C11H14O2.C11H14O.CH4/c1-10-4-2-3-7-13(10)9-11-5-6-12(13)8-11;1-9-12(5-2-6-13-9)8-10-3-4-11(12)7-10;1-9-3-2-6-12(9)8-10-4-5-11(12)7-10;1-8-11(4-5-12-8)7-9-2-3-10(11)6-9;12-10-11(4-1-5-13-10)7-8-2-3-9(11)6-8;1-8-11(4-5-12-8)7-9-2-3-10(11)6-9;/h5-6,11-12H,1-4,7-9H2;3-4,10-11,13H,1-2,5-8H2;4-5,10-11H,1-3,6-8H2;2-3,9-10,12H,1,4-7H2;2-3,8-9H,1,4-7H2;2-3,9-10H,1,4-7H2;1H4. The van der Waals surface area contributed by atoms with Gasteiger partial charge in [0.2, 0.25) is 0 Å². The number of piperidine rings is 1. The maximum Gasteiger partial charge on any atom is 0.312 e. The summed E-state index contributed by atoms with van der Waals surface area (Å²) in [5.41, 5.74) is 8.13. The Balaban J connectivity index is 0.0000000917. The van der Waals surface area contributed by atoms with E-state index in [1.54, 1.807) is 11.1 Å². The Labute approximate surface area is 460 Å². The third-order valence-corrected chi connectivity index (χ3v) is 24.9. The van der Waals surface area contributed by atoms with E-state index in [9.17, 15) is 4.79 Å². The van der Waals surface area contributed by atoms with Gasteiger partial charge in [0.1, 0.15) is 0 Å². The van der Waals surface area contributed by atoms with Crippen molar-refractivity contribution in [2.45, 2.75) is 168 Å². The summed E-state index contributed by atoms with van der Waals surface area (Å²) in [6.07, 6.45) is 61.9. The minimum atomic E-state index is -0.0995. The molecule has 76 heavy (non-hydrogen) atoms. The molecule has 5 heteroatoms. The molecular weight excluding hydrogens is 929 g/mol. The van der Waals surface area contributed by atoms with Gasteiger partial charge in [-0.1, -0.05) is 131 Å². The van der Waals surface area contributed by atoms with E-state index in [1.807, 2.05) is 0 Å². The second-order valence-electron chi connectivity index (χ2n) is 28.3. The maximum atomic E-state index is 11.8. The second-order valence-corrected chi connectivity index (χ2v) is 28.3. The molecule has 8 saturated carbocycles. The van der Waals surface area contributed by atoms with Crippen LogP contribution in [-0.4, -0.2) is 32.3 Å². The van der Waals surface area contributed by atoms with Gasteiger partial charge in [0.05, 0.1) is 24.4 Å². The van der Waals surface area contributed by atoms with Crippen LogP contribution in [0.3, 0.4) is 0 Å². The minimum absolute atomic E-state index is 0. The molecule has 4 saturated heterocycles. The van der Waals surface area contributed by atoms with Crippen LogP contribution < -0.4 is 10.6 Å². The van der Waals surface area contributed by atoms with E-state index in [2.05, 4.69) is 116 Å². The van der Waals surface area contributed by atoms with Crippen molar-refractivity contribution in [2.24, 2.45) is 104 Å². The molecule has 18 rings (SSSR count). The number of rotatable bonds is 0. The van der Waals surface area contributed by atoms with Gasteiger partial charge >= 0.3 is 5.97 Å². The van der Waals surface area contributed by atoms with Crippen LogP contribution in [0, 0.1) is 104 Å². The van der Waals surface area contributed by atoms with Crippen LogP contribution in [0.5, 0.6) is 0 Å². The molecule has 4 heterocycles. The number of carbonyl (C=O) groups is 1. The Morgan fingerprint density at radius 1 is 0.382 bits per heavy atom. The number of hydrogen-bond donors (Lipinski definition) is 2. The summed E-state index contributed by atoms with van der Waals surface area (Å²) in [7, 11) is 0. The zero-order valence-corrected chi connectivity index (χ0v) is 46.1. The van der Waals surface area contributed by atoms with Gasteiger partial charge in [0, 0.05) is 40.7 Å². The number of ether oxygens (including phenoxy) is 2. The molecule has 0 amide bonds. The largest absolute Gasteiger partial charge is 0.498 e. The number of hydrogen-bond acceptors (Lipinski definition) is 5. The van der Waals surface area contributed by atoms with E-state index in [0.717, 1.165) is 104 Å². The van der Waals surface area contributed by atoms with Crippen molar-refractivity contribution < 1.29 is 14.3 Å². The van der Waals surface area contributed by atoms with E-state index in [-0.39, 0.29) is 18.8 Å². The first-order valence-corrected chi connectivity index (χ1v) is 31.2. The fraction of sp³-hybridized carbons (Fsp3) is 0.676. The Bertz CT molecular complexity index is 2250. The second kappa shape index (κ2) is 20.3. The Morgan fingerprint density at radius 3 is 1.16 bits per heavy atom. The predicted octanol–water partition coefficient (Wildman–Crippen LogP) is 16.6. The van der Waals surface area contributed by atoms with Gasteiger partial charge < -0.3 is 20.1 Å². The van der Waals surface area contributed by atoms with Crippen molar-refractivity contribution in [1.29, 1.82) is 0 Å². The van der Waals surface area contributed by atoms with Gasteiger partial charge in [-0.15, -0.1) is 0 Å². The van der Waals surface area contributed by atoms with E-state index in [1.165, 1.54) is 153 Å². The van der Waals surface area contributed by atoms with Crippen molar-refractivity contribution in [3.8, 4) is 0 Å². The molecule has 0 aromatic rings. The van der Waals surface area contributed by atoms with Crippen molar-refractivity contribution in [3.05, 3.63) is 134 Å². The highest BCUT2D eigenvalue weighted by Gasteiger charge is 2.57. The highest BCUT2D eigenvalue weighted by Crippen LogP contribution is 2.64. The topological polar surface area (TPSA) is 59.6 Å². The van der Waals surface area contributed by atoms with E-state index >= 15 is 0 Å². The fourth-order valence-electron chi connectivity index (χ4n) is 20.9. The van der Waals surface area contributed by atoms with Crippen LogP contribution in [0.4, 0.5) is 0 Å². The summed E-state index contributed by atoms with van der Waals surface area (Å²) in [5, 5.41) is 6.88. The lowest BCUT2D eigenvalue weighted by molar-refractivity contribution is -0.164. The monoisotopic (exact) mass is 1030 g/mol. The van der Waals surface area contributed by atoms with Crippen LogP contribution in [-0.2, 0) is 14.3 Å². The molecule has 18 unspecified atom stereocenters. The Kier molecular flexibility index (Phi) is 14.1. The lowest BCUT2D eigenvalue weighted by atomic mass is 9.63. The maximum absolute atomic E-state index is 11.8. The predicted molar refractivity (Wildman–Crippen MR) is 312 cm³/mol. The van der Waals surface area contributed by atoms with Gasteiger partial charge in [-0.2, -0.15) is 0 Å². The van der Waals surface area contributed by atoms with Gasteiger partial charge in [0.25, 0.3) is 0 Å². The molecule has 4 aliphatic heterocycles. The lowest BCUT2D eigenvalue weighted by Gasteiger charge is -2.41. The summed E-state index contributed by atoms with van der Waals surface area (Å²) < 4.78 is 10.7. The van der Waals surface area contributed by atoms with Crippen LogP contribution >= 0.6 is 0 Å². The van der Waals surface area contributed by atoms with E-state index in [4.69, 9.17) is 9.47 Å². The van der Waals surface area contributed by atoms with Crippen molar-refractivity contribution >= 4 is 5.97 Å². The van der Waals surface area contributed by atoms with Crippen LogP contribution in [0.15, 0.2) is 134 Å². The van der Waals surface area contributed by atoms with Gasteiger partial charge in [0.15, 0.2) is 0 Å². The highest BCUT2D eigenvalue weighted by molar-refractivity contribution is 5.79. The number of allylic oxidation sites excluding steroid dienone is 17. The SMILES string of the molecule is C.C=C1CCCC12CC1C=CC2C1.C=C1CCCCC12CC1C=CC2C1.C=C1NCCC12CC1C=CC2C1.C=C1NCCCC12CC1C=CC2C1.C=C1OCCC12CC1C=CC2C1.O=C1OCCCC12CC1C=CC2C1. The molecule has 410 valence electrons. The summed E-state index contributed by atoms with van der Waals surface area (Å²) in [4.78, 5) is 11.8. The van der Waals surface area contributed by atoms with Gasteiger partial charge in [-0.3, -0.25) is 4.79 Å². The molecule has 12 fully saturated rings. The summed E-state index contributed by atoms with van der Waals surface area (Å²) in [6, 6.07) is 0. The Hall–Kier alpha value is -3.99. The van der Waals surface area contributed by atoms with Gasteiger partial charge in [-0.25, -0.2) is 0 Å². The first-order valence-electron chi connectivity index (χ1n) is 31.2. The minimum Gasteiger partial charge on any atom is -0.498 e. The van der Waals surface area contributed by atoms with Crippen molar-refractivity contribution in [2.75, 3.05) is 26.3 Å². The molecule has 12 bridgehead atoms. The van der Waals surface area contributed by atoms with Crippen LogP contribution in [0.1, 0.15) is 168 Å². The third-order valence-electron chi connectivity index (χ3n) is 24.9. The number of nitrogens with one attached hydrogen (secondary N) is 2. The smallest absolute Gasteiger partial charge is 0.312 e. The van der Waals surface area contributed by atoms with Crippen molar-refractivity contribution in [3.63, 3.8) is 0 Å². The van der Waals surface area contributed by atoms with Crippen LogP contribution in [0.25, 0.3) is 0 Å². The summed E-state index contributed by atoms with van der Waals surface area (Å²) in [6.45, 7) is 24.9. The molecule has 18 atom stereocenters. The normalized spacial score (nSPS) is 47.7. The first-order chi connectivity index (χ1) is 36.4. The molecular formula is C71H98N2O3. The molecule has 2 N–H and O–H groups in total. The first kappa shape index (κ1) is 52.7. The van der Waals surface area contributed by atoms with Gasteiger partial charge in [-0.05, 0) is 236 Å². The zero-order chi connectivity index (χ0) is 51.2. The average molecular weight is 1030 g/mol. The molecule has 5 nitrogen and oxygen atoms in total. The number of fused-ring (bicyclic) bond motifs is 18. The van der Waals surface area contributed by atoms with Crippen LogP contribution in [0.2, 0.25) is 0 Å². The third kappa shape index (κ3) is 8.59. The number of carbonyl (C=O) groups excluding carboxylic acids is 1. The van der Waals surface area contributed by atoms with E-state index < -0.39 is 0 Å². The highest BCUT2D eigenvalue weighted by atomic mass is 16.5. The number of cyclic esters (lactones) is 1.